The fourth-order valence-corrected chi connectivity index (χ4v) is 2.89. The summed E-state index contributed by atoms with van der Waals surface area (Å²) in [4.78, 5) is 23.6. The molecule has 0 aromatic heterocycles. The van der Waals surface area contributed by atoms with Gasteiger partial charge in [0.2, 0.25) is 5.91 Å². The van der Waals surface area contributed by atoms with Gasteiger partial charge >= 0.3 is 0 Å². The molecule has 3 rings (SSSR count). The van der Waals surface area contributed by atoms with Crippen molar-refractivity contribution in [3.05, 3.63) is 77.9 Å². The Labute approximate surface area is 146 Å². The van der Waals surface area contributed by atoms with Crippen molar-refractivity contribution in [2.24, 2.45) is 0 Å². The predicted molar refractivity (Wildman–Crippen MR) is 101 cm³/mol. The Hall–Kier alpha value is -3.14. The molecule has 0 bridgehead atoms. The predicted octanol–water partition coefficient (Wildman–Crippen LogP) is 4.29. The molecule has 0 spiro atoms. The average molecular weight is 332 g/mol. The SMILES string of the molecule is CC(=O)Nc1ccc(C(=O)NC(C)c2cccc3ccccc23)cc1. The van der Waals surface area contributed by atoms with Crippen molar-refractivity contribution in [3.63, 3.8) is 0 Å². The number of hydrogen-bond donors (Lipinski definition) is 2. The summed E-state index contributed by atoms with van der Waals surface area (Å²) in [7, 11) is 0. The van der Waals surface area contributed by atoms with E-state index in [1.807, 2.05) is 31.2 Å². The fourth-order valence-electron chi connectivity index (χ4n) is 2.89. The zero-order valence-electron chi connectivity index (χ0n) is 14.2. The van der Waals surface area contributed by atoms with E-state index < -0.39 is 0 Å². The molecular formula is C21H20N2O2. The van der Waals surface area contributed by atoms with E-state index in [1.165, 1.54) is 6.92 Å². The maximum Gasteiger partial charge on any atom is 0.251 e. The number of fused-ring (bicyclic) bond motifs is 1. The van der Waals surface area contributed by atoms with Crippen LogP contribution in [0.3, 0.4) is 0 Å². The standard InChI is InChI=1S/C21H20N2O2/c1-14(19-9-5-7-16-6-3-4-8-20(16)19)22-21(25)17-10-12-18(13-11-17)23-15(2)24/h3-14H,1-2H3,(H,22,25)(H,23,24). The Morgan fingerprint density at radius 2 is 1.56 bits per heavy atom. The van der Waals surface area contributed by atoms with Crippen molar-refractivity contribution < 1.29 is 9.59 Å². The van der Waals surface area contributed by atoms with Crippen LogP contribution in [0.2, 0.25) is 0 Å². The molecule has 0 aliphatic heterocycles. The van der Waals surface area contributed by atoms with Gasteiger partial charge in [0.15, 0.2) is 0 Å². The van der Waals surface area contributed by atoms with Gasteiger partial charge in [-0.1, -0.05) is 42.5 Å². The number of carbonyl (C=O) groups excluding carboxylic acids is 2. The lowest BCUT2D eigenvalue weighted by molar-refractivity contribution is -0.114. The van der Waals surface area contributed by atoms with Crippen LogP contribution in [0, 0.1) is 0 Å². The molecule has 0 saturated carbocycles. The van der Waals surface area contributed by atoms with Gasteiger partial charge in [-0.05, 0) is 47.5 Å². The lowest BCUT2D eigenvalue weighted by atomic mass is 9.99. The first-order valence-electron chi connectivity index (χ1n) is 8.21. The van der Waals surface area contributed by atoms with Gasteiger partial charge in [0, 0.05) is 18.2 Å². The first-order chi connectivity index (χ1) is 12.0. The minimum atomic E-state index is -0.144. The Bertz CT molecular complexity index is 911. The molecular weight excluding hydrogens is 312 g/mol. The lowest BCUT2D eigenvalue weighted by Gasteiger charge is -2.17. The van der Waals surface area contributed by atoms with Crippen LogP contribution in [0.15, 0.2) is 66.7 Å². The fraction of sp³-hybridized carbons (Fsp3) is 0.143. The van der Waals surface area contributed by atoms with Crippen LogP contribution in [-0.2, 0) is 4.79 Å². The molecule has 0 heterocycles. The summed E-state index contributed by atoms with van der Waals surface area (Å²) in [6, 6.07) is 21.0. The highest BCUT2D eigenvalue weighted by Crippen LogP contribution is 2.24. The number of amides is 2. The van der Waals surface area contributed by atoms with E-state index in [4.69, 9.17) is 0 Å². The van der Waals surface area contributed by atoms with E-state index in [-0.39, 0.29) is 17.9 Å². The van der Waals surface area contributed by atoms with Gasteiger partial charge in [0.1, 0.15) is 0 Å². The molecule has 3 aromatic rings. The van der Waals surface area contributed by atoms with Crippen LogP contribution in [0.4, 0.5) is 5.69 Å². The van der Waals surface area contributed by atoms with Crippen LogP contribution in [0.25, 0.3) is 10.8 Å². The van der Waals surface area contributed by atoms with Crippen LogP contribution < -0.4 is 10.6 Å². The molecule has 0 saturated heterocycles. The Morgan fingerprint density at radius 1 is 0.880 bits per heavy atom. The average Bonchev–Trinajstić information content (AvgIpc) is 2.61. The summed E-state index contributed by atoms with van der Waals surface area (Å²) >= 11 is 0. The zero-order chi connectivity index (χ0) is 17.8. The second-order valence-corrected chi connectivity index (χ2v) is 6.02. The van der Waals surface area contributed by atoms with E-state index in [9.17, 15) is 9.59 Å². The molecule has 1 unspecified atom stereocenters. The summed E-state index contributed by atoms with van der Waals surface area (Å²) in [6.07, 6.45) is 0. The van der Waals surface area contributed by atoms with Crippen molar-refractivity contribution in [2.75, 3.05) is 5.32 Å². The minimum absolute atomic E-state index is 0.117. The number of carbonyl (C=O) groups is 2. The topological polar surface area (TPSA) is 58.2 Å². The quantitative estimate of drug-likeness (QED) is 0.749. The van der Waals surface area contributed by atoms with Crippen LogP contribution in [0.5, 0.6) is 0 Å². The third-order valence-electron chi connectivity index (χ3n) is 4.10. The minimum Gasteiger partial charge on any atom is -0.345 e. The van der Waals surface area contributed by atoms with Gasteiger partial charge in [0.25, 0.3) is 5.91 Å². The third-order valence-corrected chi connectivity index (χ3v) is 4.10. The highest BCUT2D eigenvalue weighted by atomic mass is 16.2. The van der Waals surface area contributed by atoms with Crippen LogP contribution >= 0.6 is 0 Å². The molecule has 2 N–H and O–H groups in total. The van der Waals surface area contributed by atoms with Crippen molar-refractivity contribution in [2.45, 2.75) is 19.9 Å². The lowest BCUT2D eigenvalue weighted by Crippen LogP contribution is -2.26. The summed E-state index contributed by atoms with van der Waals surface area (Å²) in [6.45, 7) is 3.43. The first kappa shape index (κ1) is 16.7. The monoisotopic (exact) mass is 332 g/mol. The smallest absolute Gasteiger partial charge is 0.251 e. The molecule has 126 valence electrons. The summed E-state index contributed by atoms with van der Waals surface area (Å²) < 4.78 is 0. The molecule has 0 radical (unpaired) electrons. The molecule has 0 aliphatic carbocycles. The highest BCUT2D eigenvalue weighted by molar-refractivity contribution is 5.96. The highest BCUT2D eigenvalue weighted by Gasteiger charge is 2.13. The Morgan fingerprint density at radius 3 is 2.28 bits per heavy atom. The molecule has 2 amide bonds. The maximum absolute atomic E-state index is 12.5. The maximum atomic E-state index is 12.5. The van der Waals surface area contributed by atoms with Crippen molar-refractivity contribution in [1.29, 1.82) is 0 Å². The van der Waals surface area contributed by atoms with Gasteiger partial charge < -0.3 is 10.6 Å². The second-order valence-electron chi connectivity index (χ2n) is 6.02. The van der Waals surface area contributed by atoms with Gasteiger partial charge in [-0.3, -0.25) is 9.59 Å². The van der Waals surface area contributed by atoms with Gasteiger partial charge in [0.05, 0.1) is 6.04 Å². The Kier molecular flexibility index (Phi) is 4.80. The molecule has 0 fully saturated rings. The first-order valence-corrected chi connectivity index (χ1v) is 8.21. The van der Waals surface area contributed by atoms with Gasteiger partial charge in [-0.25, -0.2) is 0 Å². The molecule has 4 nitrogen and oxygen atoms in total. The molecule has 25 heavy (non-hydrogen) atoms. The number of rotatable bonds is 4. The summed E-state index contributed by atoms with van der Waals surface area (Å²) in [5.41, 5.74) is 2.31. The summed E-state index contributed by atoms with van der Waals surface area (Å²) in [5, 5.41) is 8.02. The summed E-state index contributed by atoms with van der Waals surface area (Å²) in [5.74, 6) is -0.281. The molecule has 1 atom stereocenters. The molecule has 3 aromatic carbocycles. The second kappa shape index (κ2) is 7.18. The largest absolute Gasteiger partial charge is 0.345 e. The van der Waals surface area contributed by atoms with Gasteiger partial charge in [-0.15, -0.1) is 0 Å². The third kappa shape index (κ3) is 3.86. The van der Waals surface area contributed by atoms with Crippen molar-refractivity contribution >= 4 is 28.3 Å². The van der Waals surface area contributed by atoms with E-state index in [0.717, 1.165) is 16.3 Å². The zero-order valence-corrected chi connectivity index (χ0v) is 14.2. The number of hydrogen-bond acceptors (Lipinski definition) is 2. The van der Waals surface area contributed by atoms with Crippen LogP contribution in [-0.4, -0.2) is 11.8 Å². The van der Waals surface area contributed by atoms with Crippen molar-refractivity contribution in [3.8, 4) is 0 Å². The molecule has 4 heteroatoms. The number of nitrogens with one attached hydrogen (secondary N) is 2. The number of anilines is 1. The van der Waals surface area contributed by atoms with E-state index in [1.54, 1.807) is 24.3 Å². The Balaban J connectivity index is 1.77. The van der Waals surface area contributed by atoms with E-state index >= 15 is 0 Å². The molecule has 0 aliphatic rings. The van der Waals surface area contributed by atoms with Crippen LogP contribution in [0.1, 0.15) is 35.8 Å². The number of benzene rings is 3. The van der Waals surface area contributed by atoms with Crippen molar-refractivity contribution in [1.82, 2.24) is 5.32 Å². The van der Waals surface area contributed by atoms with E-state index in [2.05, 4.69) is 28.8 Å². The van der Waals surface area contributed by atoms with Gasteiger partial charge in [-0.2, -0.15) is 0 Å². The van der Waals surface area contributed by atoms with E-state index in [0.29, 0.717) is 11.3 Å². The normalized spacial score (nSPS) is 11.8.